The molecule has 1 amide bonds. The number of H-pyrrole nitrogens is 1. The first-order valence-electron chi connectivity index (χ1n) is 10.0. The average molecular weight is 390 g/mol. The van der Waals surface area contributed by atoms with E-state index in [1.165, 1.54) is 0 Å². The summed E-state index contributed by atoms with van der Waals surface area (Å²) >= 11 is 0. The topological polar surface area (TPSA) is 62.4 Å². The molecule has 4 rings (SSSR count). The lowest BCUT2D eigenvalue weighted by atomic mass is 9.88. The van der Waals surface area contributed by atoms with Crippen molar-refractivity contribution in [3.63, 3.8) is 0 Å². The van der Waals surface area contributed by atoms with Gasteiger partial charge >= 0.3 is 0 Å². The van der Waals surface area contributed by atoms with E-state index >= 15 is 0 Å². The number of nitrogens with one attached hydrogen (secondary N) is 1. The fraction of sp³-hybridized carbons (Fsp3) is 0.333. The van der Waals surface area contributed by atoms with Crippen molar-refractivity contribution in [2.45, 2.75) is 26.7 Å². The second-order valence-electron chi connectivity index (χ2n) is 7.88. The lowest BCUT2D eigenvalue weighted by Gasteiger charge is -2.32. The van der Waals surface area contributed by atoms with Crippen LogP contribution in [-0.2, 0) is 0 Å². The summed E-state index contributed by atoms with van der Waals surface area (Å²) in [7, 11) is 1.65. The molecule has 1 aliphatic rings. The van der Waals surface area contributed by atoms with Gasteiger partial charge in [0.15, 0.2) is 5.78 Å². The Morgan fingerprint density at radius 3 is 2.55 bits per heavy atom. The van der Waals surface area contributed by atoms with Crippen molar-refractivity contribution in [2.24, 2.45) is 5.92 Å². The van der Waals surface area contributed by atoms with Gasteiger partial charge in [-0.2, -0.15) is 0 Å². The van der Waals surface area contributed by atoms with E-state index in [0.717, 1.165) is 40.6 Å². The summed E-state index contributed by atoms with van der Waals surface area (Å²) in [5.74, 6) is 0.753. The van der Waals surface area contributed by atoms with Gasteiger partial charge in [-0.3, -0.25) is 9.59 Å². The second kappa shape index (κ2) is 7.74. The predicted octanol–water partition coefficient (Wildman–Crippen LogP) is 4.53. The van der Waals surface area contributed by atoms with Gasteiger partial charge in [-0.15, -0.1) is 0 Å². The fourth-order valence-corrected chi connectivity index (χ4v) is 4.39. The third-order valence-corrected chi connectivity index (χ3v) is 5.83. The highest BCUT2D eigenvalue weighted by Gasteiger charge is 2.30. The van der Waals surface area contributed by atoms with Crippen LogP contribution in [0.3, 0.4) is 0 Å². The number of piperidine rings is 1. The normalized spacial score (nSPS) is 16.8. The van der Waals surface area contributed by atoms with Gasteiger partial charge in [0, 0.05) is 47.2 Å². The number of ether oxygens (including phenoxy) is 1. The minimum absolute atomic E-state index is 0.00677. The zero-order valence-corrected chi connectivity index (χ0v) is 17.1. The summed E-state index contributed by atoms with van der Waals surface area (Å²) in [6, 6.07) is 11.4. The number of aromatic nitrogens is 1. The number of hydrogen-bond donors (Lipinski definition) is 1. The van der Waals surface area contributed by atoms with E-state index in [4.69, 9.17) is 4.74 Å². The summed E-state index contributed by atoms with van der Waals surface area (Å²) in [5.41, 5.74) is 4.30. The standard InChI is InChI=1S/C24H26N2O3/c1-15-11-20(12-16(2)23(15)29-3)22(27)19-5-4-10-26(14-19)24(28)18-6-7-21-17(13-18)8-9-25-21/h6-9,11-13,19,25H,4-5,10,14H2,1-3H3/t19-/m1/s1. The molecular formula is C24H26N2O3. The Balaban J connectivity index is 1.53. The molecule has 0 aliphatic carbocycles. The zero-order chi connectivity index (χ0) is 20.5. The Morgan fingerprint density at radius 1 is 1.07 bits per heavy atom. The third-order valence-electron chi connectivity index (χ3n) is 5.83. The van der Waals surface area contributed by atoms with Gasteiger partial charge in [-0.05, 0) is 74.2 Å². The molecule has 0 radical (unpaired) electrons. The molecule has 150 valence electrons. The molecule has 5 nitrogen and oxygen atoms in total. The SMILES string of the molecule is COc1c(C)cc(C(=O)[C@@H]2CCCN(C(=O)c3ccc4[nH]ccc4c3)C2)cc1C. The van der Waals surface area contributed by atoms with Gasteiger partial charge in [0.25, 0.3) is 5.91 Å². The summed E-state index contributed by atoms with van der Waals surface area (Å²) in [6.45, 7) is 5.06. The number of carbonyl (C=O) groups excluding carboxylic acids is 2. The van der Waals surface area contributed by atoms with Crippen LogP contribution >= 0.6 is 0 Å². The first-order chi connectivity index (χ1) is 14.0. The molecule has 1 aliphatic heterocycles. The van der Waals surface area contributed by atoms with Crippen molar-refractivity contribution in [2.75, 3.05) is 20.2 Å². The number of benzene rings is 2. The highest BCUT2D eigenvalue weighted by atomic mass is 16.5. The Hall–Kier alpha value is -3.08. The minimum atomic E-state index is -0.170. The number of methoxy groups -OCH3 is 1. The molecule has 0 spiro atoms. The van der Waals surface area contributed by atoms with Crippen molar-refractivity contribution in [3.8, 4) is 5.75 Å². The second-order valence-corrected chi connectivity index (χ2v) is 7.88. The average Bonchev–Trinajstić information content (AvgIpc) is 3.20. The van der Waals surface area contributed by atoms with Gasteiger partial charge in [0.05, 0.1) is 7.11 Å². The Bertz CT molecular complexity index is 1060. The summed E-state index contributed by atoms with van der Waals surface area (Å²) in [5, 5.41) is 1.02. The number of nitrogens with zero attached hydrogens (tertiary/aromatic N) is 1. The van der Waals surface area contributed by atoms with E-state index in [2.05, 4.69) is 4.98 Å². The van der Waals surface area contributed by atoms with Crippen LogP contribution in [0, 0.1) is 19.8 Å². The number of rotatable bonds is 4. The van der Waals surface area contributed by atoms with Crippen LogP contribution < -0.4 is 4.74 Å². The molecule has 1 atom stereocenters. The minimum Gasteiger partial charge on any atom is -0.496 e. The molecule has 2 aromatic carbocycles. The maximum absolute atomic E-state index is 13.2. The Kier molecular flexibility index (Phi) is 5.14. The summed E-state index contributed by atoms with van der Waals surface area (Å²) < 4.78 is 5.41. The lowest BCUT2D eigenvalue weighted by molar-refractivity contribution is 0.0637. The van der Waals surface area contributed by atoms with Crippen LogP contribution in [0.5, 0.6) is 5.75 Å². The number of amides is 1. The smallest absolute Gasteiger partial charge is 0.253 e. The van der Waals surface area contributed by atoms with Gasteiger partial charge in [-0.25, -0.2) is 0 Å². The molecule has 2 heterocycles. The van der Waals surface area contributed by atoms with Crippen molar-refractivity contribution in [1.82, 2.24) is 9.88 Å². The number of aromatic amines is 1. The van der Waals surface area contributed by atoms with Crippen LogP contribution in [0.15, 0.2) is 42.6 Å². The molecule has 5 heteroatoms. The first-order valence-corrected chi connectivity index (χ1v) is 10.0. The Labute approximate surface area is 170 Å². The zero-order valence-electron chi connectivity index (χ0n) is 17.1. The number of aryl methyl sites for hydroxylation is 2. The number of fused-ring (bicyclic) bond motifs is 1. The maximum Gasteiger partial charge on any atom is 0.253 e. The summed E-state index contributed by atoms with van der Waals surface area (Å²) in [6.07, 6.45) is 3.51. The molecule has 0 unspecified atom stereocenters. The van der Waals surface area contributed by atoms with Gasteiger partial charge in [0.2, 0.25) is 0 Å². The molecule has 0 saturated carbocycles. The van der Waals surface area contributed by atoms with Crippen LogP contribution in [0.25, 0.3) is 10.9 Å². The number of Topliss-reactive ketones (excluding diaryl/α,β-unsaturated/α-hetero) is 1. The molecule has 29 heavy (non-hydrogen) atoms. The number of hydrogen-bond acceptors (Lipinski definition) is 3. The molecule has 1 aromatic heterocycles. The lowest BCUT2D eigenvalue weighted by Crippen LogP contribution is -2.42. The molecule has 1 saturated heterocycles. The van der Waals surface area contributed by atoms with E-state index < -0.39 is 0 Å². The van der Waals surface area contributed by atoms with Crippen LogP contribution in [0.4, 0.5) is 0 Å². The molecule has 1 fully saturated rings. The van der Waals surface area contributed by atoms with Gasteiger partial charge in [-0.1, -0.05) is 0 Å². The number of carbonyl (C=O) groups is 2. The number of ketones is 1. The number of likely N-dealkylation sites (tertiary alicyclic amines) is 1. The van der Waals surface area contributed by atoms with Crippen LogP contribution in [0.1, 0.15) is 44.7 Å². The van der Waals surface area contributed by atoms with E-state index in [1.54, 1.807) is 7.11 Å². The van der Waals surface area contributed by atoms with E-state index in [0.29, 0.717) is 24.2 Å². The Morgan fingerprint density at radius 2 is 1.83 bits per heavy atom. The quantitative estimate of drug-likeness (QED) is 0.666. The van der Waals surface area contributed by atoms with Crippen molar-refractivity contribution < 1.29 is 14.3 Å². The van der Waals surface area contributed by atoms with E-state index in [9.17, 15) is 9.59 Å². The molecule has 0 bridgehead atoms. The maximum atomic E-state index is 13.2. The van der Waals surface area contributed by atoms with Crippen LogP contribution in [0.2, 0.25) is 0 Å². The van der Waals surface area contributed by atoms with Crippen molar-refractivity contribution >= 4 is 22.6 Å². The highest BCUT2D eigenvalue weighted by Crippen LogP contribution is 2.28. The monoisotopic (exact) mass is 390 g/mol. The third kappa shape index (κ3) is 3.65. The fourth-order valence-electron chi connectivity index (χ4n) is 4.39. The summed E-state index contributed by atoms with van der Waals surface area (Å²) in [4.78, 5) is 31.2. The predicted molar refractivity (Wildman–Crippen MR) is 114 cm³/mol. The van der Waals surface area contributed by atoms with E-state index in [1.807, 2.05) is 61.3 Å². The van der Waals surface area contributed by atoms with Gasteiger partial charge < -0.3 is 14.6 Å². The molecule has 1 N–H and O–H groups in total. The van der Waals surface area contributed by atoms with Crippen molar-refractivity contribution in [3.05, 3.63) is 64.8 Å². The largest absolute Gasteiger partial charge is 0.496 e. The molecule has 3 aromatic rings. The molecular weight excluding hydrogens is 364 g/mol. The highest BCUT2D eigenvalue weighted by molar-refractivity contribution is 6.01. The van der Waals surface area contributed by atoms with Crippen LogP contribution in [-0.4, -0.2) is 41.8 Å². The van der Waals surface area contributed by atoms with E-state index in [-0.39, 0.29) is 17.6 Å². The van der Waals surface area contributed by atoms with Crippen molar-refractivity contribution in [1.29, 1.82) is 0 Å². The van der Waals surface area contributed by atoms with Gasteiger partial charge in [0.1, 0.15) is 5.75 Å². The first kappa shape index (κ1) is 19.2.